The molecule has 0 unspecified atom stereocenters. The second-order valence-electron chi connectivity index (χ2n) is 4.67. The third kappa shape index (κ3) is 4.43. The molecular weight excluding hydrogens is 284 g/mol. The molecule has 0 radical (unpaired) electrons. The molecule has 1 N–H and O–H groups in total. The summed E-state index contributed by atoms with van der Waals surface area (Å²) in [6, 6.07) is 11.5. The highest BCUT2D eigenvalue weighted by Gasteiger charge is 2.04. The van der Waals surface area contributed by atoms with E-state index in [2.05, 4.69) is 10.5 Å². The van der Waals surface area contributed by atoms with Gasteiger partial charge in [0, 0.05) is 4.88 Å². The summed E-state index contributed by atoms with van der Waals surface area (Å²) in [4.78, 5) is 14.2. The van der Waals surface area contributed by atoms with Crippen LogP contribution in [0.4, 0.5) is 0 Å². The molecule has 0 atom stereocenters. The van der Waals surface area contributed by atoms with Gasteiger partial charge in [-0.15, -0.1) is 11.3 Å². The molecule has 0 aliphatic carbocycles. The lowest BCUT2D eigenvalue weighted by Gasteiger charge is -2.03. The fraction of sp³-hybridized carbons (Fsp3) is 0.250. The third-order valence-electron chi connectivity index (χ3n) is 2.97. The SMILES string of the molecule is COc1ccc(CC(=O)NN=C(C)c2ccc(C)s2)cc1. The zero-order valence-electron chi connectivity index (χ0n) is 12.3. The molecule has 0 aliphatic heterocycles. The van der Waals surface area contributed by atoms with E-state index in [0.29, 0.717) is 6.42 Å². The Kier molecular flexibility index (Phi) is 5.11. The molecule has 1 aromatic heterocycles. The van der Waals surface area contributed by atoms with E-state index in [1.54, 1.807) is 18.4 Å². The van der Waals surface area contributed by atoms with Crippen molar-refractivity contribution in [2.24, 2.45) is 5.10 Å². The molecule has 2 aromatic rings. The average Bonchev–Trinajstić information content (AvgIpc) is 2.92. The van der Waals surface area contributed by atoms with Gasteiger partial charge in [0.25, 0.3) is 0 Å². The van der Waals surface area contributed by atoms with Gasteiger partial charge in [0.05, 0.1) is 24.1 Å². The van der Waals surface area contributed by atoms with Crippen LogP contribution >= 0.6 is 11.3 Å². The van der Waals surface area contributed by atoms with Crippen molar-refractivity contribution in [1.29, 1.82) is 0 Å². The topological polar surface area (TPSA) is 50.7 Å². The van der Waals surface area contributed by atoms with E-state index in [1.165, 1.54) is 4.88 Å². The number of carbonyl (C=O) groups excluding carboxylic acids is 1. The molecule has 110 valence electrons. The molecule has 4 nitrogen and oxygen atoms in total. The van der Waals surface area contributed by atoms with Crippen LogP contribution in [-0.2, 0) is 11.2 Å². The molecule has 2 rings (SSSR count). The van der Waals surface area contributed by atoms with E-state index < -0.39 is 0 Å². The van der Waals surface area contributed by atoms with Crippen molar-refractivity contribution in [2.45, 2.75) is 20.3 Å². The van der Waals surface area contributed by atoms with E-state index in [-0.39, 0.29) is 5.91 Å². The van der Waals surface area contributed by atoms with Crippen molar-refractivity contribution in [2.75, 3.05) is 7.11 Å². The number of amides is 1. The molecule has 1 heterocycles. The van der Waals surface area contributed by atoms with Crippen molar-refractivity contribution in [3.63, 3.8) is 0 Å². The van der Waals surface area contributed by atoms with Crippen molar-refractivity contribution in [3.8, 4) is 5.75 Å². The van der Waals surface area contributed by atoms with Gasteiger partial charge in [0.1, 0.15) is 5.75 Å². The first-order valence-electron chi connectivity index (χ1n) is 6.61. The maximum Gasteiger partial charge on any atom is 0.244 e. The molecule has 1 aromatic carbocycles. The lowest BCUT2D eigenvalue weighted by Crippen LogP contribution is -2.21. The maximum atomic E-state index is 11.9. The molecule has 0 aliphatic rings. The average molecular weight is 302 g/mol. The summed E-state index contributed by atoms with van der Waals surface area (Å²) in [5.41, 5.74) is 4.33. The molecule has 1 amide bonds. The fourth-order valence-corrected chi connectivity index (χ4v) is 2.61. The van der Waals surface area contributed by atoms with Gasteiger partial charge in [-0.05, 0) is 43.7 Å². The Morgan fingerprint density at radius 3 is 2.52 bits per heavy atom. The number of hydrogen-bond donors (Lipinski definition) is 1. The highest BCUT2D eigenvalue weighted by molar-refractivity contribution is 7.14. The Morgan fingerprint density at radius 2 is 1.95 bits per heavy atom. The number of hydrazone groups is 1. The normalized spacial score (nSPS) is 11.3. The molecular formula is C16H18N2O2S. The molecule has 0 fully saturated rings. The zero-order chi connectivity index (χ0) is 15.2. The van der Waals surface area contributed by atoms with Gasteiger partial charge in [-0.3, -0.25) is 4.79 Å². The summed E-state index contributed by atoms with van der Waals surface area (Å²) in [7, 11) is 1.62. The van der Waals surface area contributed by atoms with Gasteiger partial charge in [0.15, 0.2) is 0 Å². The first-order valence-corrected chi connectivity index (χ1v) is 7.43. The van der Waals surface area contributed by atoms with E-state index in [4.69, 9.17) is 4.74 Å². The van der Waals surface area contributed by atoms with Crippen molar-refractivity contribution >= 4 is 23.0 Å². The van der Waals surface area contributed by atoms with Gasteiger partial charge >= 0.3 is 0 Å². The summed E-state index contributed by atoms with van der Waals surface area (Å²) in [5, 5.41) is 4.14. The summed E-state index contributed by atoms with van der Waals surface area (Å²) >= 11 is 1.66. The van der Waals surface area contributed by atoms with Gasteiger partial charge < -0.3 is 4.74 Å². The predicted octanol–water partition coefficient (Wildman–Crippen LogP) is 3.15. The predicted molar refractivity (Wildman–Crippen MR) is 86.1 cm³/mol. The Balaban J connectivity index is 1.92. The van der Waals surface area contributed by atoms with Gasteiger partial charge in [-0.1, -0.05) is 12.1 Å². The number of carbonyl (C=O) groups is 1. The number of rotatable bonds is 5. The number of nitrogens with one attached hydrogen (secondary N) is 1. The summed E-state index contributed by atoms with van der Waals surface area (Å²) < 4.78 is 5.08. The zero-order valence-corrected chi connectivity index (χ0v) is 13.2. The van der Waals surface area contributed by atoms with Crippen molar-refractivity contribution in [1.82, 2.24) is 5.43 Å². The summed E-state index contributed by atoms with van der Waals surface area (Å²) in [6.07, 6.45) is 0.296. The van der Waals surface area contributed by atoms with Crippen LogP contribution in [0.2, 0.25) is 0 Å². The fourth-order valence-electron chi connectivity index (χ4n) is 1.80. The van der Waals surface area contributed by atoms with E-state index in [0.717, 1.165) is 21.9 Å². The Bertz CT molecular complexity index is 645. The Labute approximate surface area is 128 Å². The first-order chi connectivity index (χ1) is 10.1. The van der Waals surface area contributed by atoms with Gasteiger partial charge in [-0.25, -0.2) is 5.43 Å². The quantitative estimate of drug-likeness (QED) is 0.681. The minimum atomic E-state index is -0.132. The highest BCUT2D eigenvalue weighted by atomic mass is 32.1. The number of hydrogen-bond acceptors (Lipinski definition) is 4. The third-order valence-corrected chi connectivity index (χ3v) is 4.08. The first kappa shape index (κ1) is 15.3. The van der Waals surface area contributed by atoms with Crippen LogP contribution in [-0.4, -0.2) is 18.7 Å². The lowest BCUT2D eigenvalue weighted by atomic mass is 10.1. The van der Waals surface area contributed by atoms with Crippen molar-refractivity contribution in [3.05, 3.63) is 51.7 Å². The minimum absolute atomic E-state index is 0.132. The van der Waals surface area contributed by atoms with E-state index in [1.807, 2.05) is 50.2 Å². The minimum Gasteiger partial charge on any atom is -0.497 e. The Morgan fingerprint density at radius 1 is 1.24 bits per heavy atom. The highest BCUT2D eigenvalue weighted by Crippen LogP contribution is 2.15. The van der Waals surface area contributed by atoms with Crippen LogP contribution in [0, 0.1) is 6.92 Å². The number of benzene rings is 1. The number of thiophene rings is 1. The molecule has 0 bridgehead atoms. The summed E-state index contributed by atoms with van der Waals surface area (Å²) in [5.74, 6) is 0.647. The van der Waals surface area contributed by atoms with Gasteiger partial charge in [-0.2, -0.15) is 5.10 Å². The molecule has 0 spiro atoms. The Hall–Kier alpha value is -2.14. The second kappa shape index (κ2) is 7.04. The molecule has 21 heavy (non-hydrogen) atoms. The number of ether oxygens (including phenoxy) is 1. The van der Waals surface area contributed by atoms with Crippen LogP contribution in [0.15, 0.2) is 41.5 Å². The smallest absolute Gasteiger partial charge is 0.244 e. The van der Waals surface area contributed by atoms with Crippen molar-refractivity contribution < 1.29 is 9.53 Å². The van der Waals surface area contributed by atoms with Crippen LogP contribution in [0.5, 0.6) is 5.75 Å². The van der Waals surface area contributed by atoms with E-state index >= 15 is 0 Å². The number of methoxy groups -OCH3 is 1. The molecule has 0 saturated heterocycles. The standard InChI is InChI=1S/C16H18N2O2S/c1-11-4-9-15(21-11)12(2)17-18-16(19)10-13-5-7-14(20-3)8-6-13/h4-9H,10H2,1-3H3,(H,18,19). The lowest BCUT2D eigenvalue weighted by molar-refractivity contribution is -0.120. The van der Waals surface area contributed by atoms with Crippen LogP contribution in [0.25, 0.3) is 0 Å². The van der Waals surface area contributed by atoms with E-state index in [9.17, 15) is 4.79 Å². The second-order valence-corrected chi connectivity index (χ2v) is 5.96. The summed E-state index contributed by atoms with van der Waals surface area (Å²) in [6.45, 7) is 3.93. The van der Waals surface area contributed by atoms with Gasteiger partial charge in [0.2, 0.25) is 5.91 Å². The van der Waals surface area contributed by atoms with Crippen LogP contribution in [0.3, 0.4) is 0 Å². The van der Waals surface area contributed by atoms with Crippen LogP contribution in [0.1, 0.15) is 22.2 Å². The maximum absolute atomic E-state index is 11.9. The molecule has 0 saturated carbocycles. The monoisotopic (exact) mass is 302 g/mol. The van der Waals surface area contributed by atoms with Crippen LogP contribution < -0.4 is 10.2 Å². The largest absolute Gasteiger partial charge is 0.497 e. The number of nitrogens with zero attached hydrogens (tertiary/aromatic N) is 1. The number of aryl methyl sites for hydroxylation is 1. The molecule has 5 heteroatoms.